The normalized spacial score (nSPS) is 10.8. The van der Waals surface area contributed by atoms with E-state index in [1.807, 2.05) is 43.3 Å². The summed E-state index contributed by atoms with van der Waals surface area (Å²) in [6.45, 7) is 2.63. The molecule has 1 heterocycles. The van der Waals surface area contributed by atoms with Gasteiger partial charge in [-0.25, -0.2) is 4.98 Å². The molecule has 0 aliphatic heterocycles. The highest BCUT2D eigenvalue weighted by Gasteiger charge is 2.07. The van der Waals surface area contributed by atoms with Gasteiger partial charge in [0.2, 0.25) is 0 Å². The maximum absolute atomic E-state index is 5.95. The first-order valence-corrected chi connectivity index (χ1v) is 8.40. The van der Waals surface area contributed by atoms with Crippen molar-refractivity contribution in [2.75, 3.05) is 11.9 Å². The average Bonchev–Trinajstić information content (AvgIpc) is 2.84. The molecule has 0 amide bonds. The van der Waals surface area contributed by atoms with Crippen LogP contribution in [0, 0.1) is 0 Å². The number of rotatable bonds is 4. The molecule has 3 nitrogen and oxygen atoms in total. The Bertz CT molecular complexity index is 790. The number of anilines is 2. The molecule has 108 valence electrons. The van der Waals surface area contributed by atoms with Crippen LogP contribution in [0.3, 0.4) is 0 Å². The smallest absolute Gasteiger partial charge is 0.188 e. The molecule has 1 N–H and O–H groups in total. The van der Waals surface area contributed by atoms with E-state index in [1.165, 1.54) is 0 Å². The van der Waals surface area contributed by atoms with E-state index in [4.69, 9.17) is 16.3 Å². The van der Waals surface area contributed by atoms with E-state index in [0.29, 0.717) is 11.6 Å². The highest BCUT2D eigenvalue weighted by molar-refractivity contribution is 9.10. The van der Waals surface area contributed by atoms with Crippen molar-refractivity contribution >= 4 is 59.9 Å². The quantitative estimate of drug-likeness (QED) is 0.613. The fourth-order valence-electron chi connectivity index (χ4n) is 1.92. The Hall–Kier alpha value is -1.30. The number of ether oxygens (including phenoxy) is 1. The molecule has 0 radical (unpaired) electrons. The summed E-state index contributed by atoms with van der Waals surface area (Å²) in [5.41, 5.74) is 1.89. The number of thiazole rings is 1. The molecule has 3 aromatic rings. The first kappa shape index (κ1) is 14.6. The highest BCUT2D eigenvalue weighted by Crippen LogP contribution is 2.33. The van der Waals surface area contributed by atoms with Crippen LogP contribution < -0.4 is 10.1 Å². The number of nitrogens with zero attached hydrogens (tertiary/aromatic N) is 1. The van der Waals surface area contributed by atoms with Gasteiger partial charge in [-0.3, -0.25) is 0 Å². The Kier molecular flexibility index (Phi) is 4.33. The predicted octanol–water partition coefficient (Wildman–Crippen LogP) is 5.85. The number of fused-ring (bicyclic) bond motifs is 1. The lowest BCUT2D eigenvalue weighted by Crippen LogP contribution is -1.90. The summed E-state index contributed by atoms with van der Waals surface area (Å²) in [4.78, 5) is 4.57. The van der Waals surface area contributed by atoms with Gasteiger partial charge >= 0.3 is 0 Å². The molecular formula is C15H12BrClN2OS. The number of hydrogen-bond donors (Lipinski definition) is 1. The zero-order valence-electron chi connectivity index (χ0n) is 11.2. The summed E-state index contributed by atoms with van der Waals surface area (Å²) in [7, 11) is 0. The van der Waals surface area contributed by atoms with Gasteiger partial charge in [0.25, 0.3) is 0 Å². The van der Waals surface area contributed by atoms with Gasteiger partial charge in [0, 0.05) is 9.50 Å². The lowest BCUT2D eigenvalue weighted by Gasteiger charge is -2.05. The monoisotopic (exact) mass is 382 g/mol. The Morgan fingerprint density at radius 3 is 2.90 bits per heavy atom. The highest BCUT2D eigenvalue weighted by atomic mass is 79.9. The fraction of sp³-hybridized carbons (Fsp3) is 0.133. The molecule has 0 saturated heterocycles. The van der Waals surface area contributed by atoms with Gasteiger partial charge in [-0.2, -0.15) is 0 Å². The number of halogens is 2. The summed E-state index contributed by atoms with van der Waals surface area (Å²) in [6, 6.07) is 11.5. The van der Waals surface area contributed by atoms with Crippen LogP contribution in [0.2, 0.25) is 5.02 Å². The van der Waals surface area contributed by atoms with Crippen molar-refractivity contribution < 1.29 is 4.74 Å². The van der Waals surface area contributed by atoms with E-state index in [2.05, 4.69) is 26.2 Å². The molecule has 0 spiro atoms. The van der Waals surface area contributed by atoms with Gasteiger partial charge in [-0.05, 0) is 59.3 Å². The van der Waals surface area contributed by atoms with Gasteiger partial charge in [0.05, 0.1) is 22.5 Å². The van der Waals surface area contributed by atoms with E-state index < -0.39 is 0 Å². The summed E-state index contributed by atoms with van der Waals surface area (Å²) in [6.07, 6.45) is 0. The van der Waals surface area contributed by atoms with Crippen LogP contribution in [0.15, 0.2) is 40.9 Å². The van der Waals surface area contributed by atoms with Crippen molar-refractivity contribution in [1.82, 2.24) is 4.98 Å². The zero-order chi connectivity index (χ0) is 14.8. The molecule has 0 fully saturated rings. The Morgan fingerprint density at radius 2 is 2.14 bits per heavy atom. The van der Waals surface area contributed by atoms with Crippen LogP contribution in [0.1, 0.15) is 6.92 Å². The van der Waals surface area contributed by atoms with Gasteiger partial charge in [0.1, 0.15) is 5.75 Å². The van der Waals surface area contributed by atoms with Gasteiger partial charge in [0.15, 0.2) is 5.13 Å². The molecule has 2 aromatic carbocycles. The average molecular weight is 384 g/mol. The van der Waals surface area contributed by atoms with Crippen molar-refractivity contribution in [3.8, 4) is 5.75 Å². The number of benzene rings is 2. The van der Waals surface area contributed by atoms with Crippen molar-refractivity contribution in [2.45, 2.75) is 6.92 Å². The topological polar surface area (TPSA) is 34.1 Å². The van der Waals surface area contributed by atoms with Crippen LogP contribution >= 0.6 is 38.9 Å². The van der Waals surface area contributed by atoms with Crippen LogP contribution in [-0.2, 0) is 0 Å². The molecule has 3 rings (SSSR count). The molecule has 0 saturated carbocycles. The van der Waals surface area contributed by atoms with Crippen molar-refractivity contribution in [3.05, 3.63) is 45.9 Å². The minimum atomic E-state index is 0.660. The SMILES string of the molecule is CCOc1ccc2nc(Nc3ccc(Cl)cc3Br)sc2c1. The minimum absolute atomic E-state index is 0.660. The van der Waals surface area contributed by atoms with Gasteiger partial charge in [-0.15, -0.1) is 0 Å². The van der Waals surface area contributed by atoms with Crippen LogP contribution in [0.5, 0.6) is 5.75 Å². The minimum Gasteiger partial charge on any atom is -0.494 e. The maximum Gasteiger partial charge on any atom is 0.188 e. The summed E-state index contributed by atoms with van der Waals surface area (Å²) in [5.74, 6) is 0.868. The first-order chi connectivity index (χ1) is 10.2. The molecule has 1 aromatic heterocycles. The Balaban J connectivity index is 1.90. The zero-order valence-corrected chi connectivity index (χ0v) is 14.3. The summed E-state index contributed by atoms with van der Waals surface area (Å²) >= 11 is 11.0. The fourth-order valence-corrected chi connectivity index (χ4v) is 3.61. The van der Waals surface area contributed by atoms with Gasteiger partial charge in [-0.1, -0.05) is 22.9 Å². The molecule has 21 heavy (non-hydrogen) atoms. The maximum atomic E-state index is 5.95. The third-order valence-electron chi connectivity index (χ3n) is 2.84. The van der Waals surface area contributed by atoms with Crippen molar-refractivity contribution in [2.24, 2.45) is 0 Å². The van der Waals surface area contributed by atoms with E-state index in [0.717, 1.165) is 31.3 Å². The number of hydrogen-bond acceptors (Lipinski definition) is 4. The van der Waals surface area contributed by atoms with E-state index in [9.17, 15) is 0 Å². The van der Waals surface area contributed by atoms with E-state index >= 15 is 0 Å². The lowest BCUT2D eigenvalue weighted by atomic mass is 10.3. The Labute approximate surface area is 140 Å². The molecule has 0 aliphatic carbocycles. The summed E-state index contributed by atoms with van der Waals surface area (Å²) < 4.78 is 7.51. The van der Waals surface area contributed by atoms with E-state index in [1.54, 1.807) is 11.3 Å². The van der Waals surface area contributed by atoms with Crippen LogP contribution in [0.25, 0.3) is 10.2 Å². The third-order valence-corrected chi connectivity index (χ3v) is 4.67. The standard InChI is InChI=1S/C15H12BrClN2OS/c1-2-20-10-4-6-13-14(8-10)21-15(19-13)18-12-5-3-9(17)7-11(12)16/h3-8H,2H2,1H3,(H,18,19). The number of nitrogens with one attached hydrogen (secondary N) is 1. The molecule has 0 unspecified atom stereocenters. The largest absolute Gasteiger partial charge is 0.494 e. The molecular weight excluding hydrogens is 372 g/mol. The molecule has 0 aliphatic rings. The molecule has 6 heteroatoms. The second kappa shape index (κ2) is 6.22. The second-order valence-electron chi connectivity index (χ2n) is 4.33. The lowest BCUT2D eigenvalue weighted by molar-refractivity contribution is 0.341. The van der Waals surface area contributed by atoms with E-state index in [-0.39, 0.29) is 0 Å². The van der Waals surface area contributed by atoms with Gasteiger partial charge < -0.3 is 10.1 Å². The molecule has 0 bridgehead atoms. The first-order valence-electron chi connectivity index (χ1n) is 6.41. The predicted molar refractivity (Wildman–Crippen MR) is 93.2 cm³/mol. The Morgan fingerprint density at radius 1 is 1.29 bits per heavy atom. The summed E-state index contributed by atoms with van der Waals surface area (Å²) in [5, 5.41) is 4.83. The van der Waals surface area contributed by atoms with Crippen LogP contribution in [0.4, 0.5) is 10.8 Å². The number of aromatic nitrogens is 1. The van der Waals surface area contributed by atoms with Crippen molar-refractivity contribution in [3.63, 3.8) is 0 Å². The molecule has 0 atom stereocenters. The second-order valence-corrected chi connectivity index (χ2v) is 6.65. The third kappa shape index (κ3) is 3.31. The van der Waals surface area contributed by atoms with Crippen LogP contribution in [-0.4, -0.2) is 11.6 Å². The van der Waals surface area contributed by atoms with Crippen molar-refractivity contribution in [1.29, 1.82) is 0 Å².